The predicted molar refractivity (Wildman–Crippen MR) is 75.9 cm³/mol. The zero-order chi connectivity index (χ0) is 13.8. The lowest BCUT2D eigenvalue weighted by Crippen LogP contribution is -2.36. The molecule has 2 atom stereocenters. The Hall–Kier alpha value is -1.55. The van der Waals surface area contributed by atoms with Crippen molar-refractivity contribution in [3.8, 4) is 0 Å². The molecule has 1 aromatic rings. The van der Waals surface area contributed by atoms with Crippen LogP contribution in [0.25, 0.3) is 0 Å². The van der Waals surface area contributed by atoms with Crippen LogP contribution in [0.4, 0.5) is 5.69 Å². The number of rotatable bonds is 3. The van der Waals surface area contributed by atoms with Gasteiger partial charge in [0.05, 0.1) is 11.7 Å². The van der Waals surface area contributed by atoms with Crippen molar-refractivity contribution in [3.63, 3.8) is 0 Å². The fraction of sp³-hybridized carbons (Fsp3) is 0.533. The fourth-order valence-electron chi connectivity index (χ4n) is 2.61. The standard InChI is InChI=1S/C15H22N2O2/c1-10-6-7-13(16)12(8-10)15(19)17-9-11-4-2-3-5-14(11)18/h6-8,11,14,18H,2-5,9,16H2,1H3,(H,17,19). The van der Waals surface area contributed by atoms with Gasteiger partial charge in [-0.2, -0.15) is 0 Å². The van der Waals surface area contributed by atoms with E-state index in [2.05, 4.69) is 5.32 Å². The first-order valence-electron chi connectivity index (χ1n) is 6.90. The highest BCUT2D eigenvalue weighted by Gasteiger charge is 2.23. The van der Waals surface area contributed by atoms with Gasteiger partial charge in [0.1, 0.15) is 0 Å². The van der Waals surface area contributed by atoms with E-state index in [0.717, 1.165) is 31.2 Å². The molecular weight excluding hydrogens is 240 g/mol. The Labute approximate surface area is 114 Å². The number of hydrogen-bond donors (Lipinski definition) is 3. The minimum absolute atomic E-state index is 0.154. The van der Waals surface area contributed by atoms with Crippen LogP contribution in [0.1, 0.15) is 41.6 Å². The zero-order valence-corrected chi connectivity index (χ0v) is 11.4. The van der Waals surface area contributed by atoms with Gasteiger partial charge in [0.25, 0.3) is 5.91 Å². The van der Waals surface area contributed by atoms with E-state index in [9.17, 15) is 9.90 Å². The lowest BCUT2D eigenvalue weighted by atomic mass is 9.86. The molecular formula is C15H22N2O2. The number of anilines is 1. The van der Waals surface area contributed by atoms with Crippen molar-refractivity contribution >= 4 is 11.6 Å². The van der Waals surface area contributed by atoms with Crippen molar-refractivity contribution in [1.29, 1.82) is 0 Å². The lowest BCUT2D eigenvalue weighted by Gasteiger charge is -2.27. The number of aliphatic hydroxyl groups is 1. The van der Waals surface area contributed by atoms with Crippen molar-refractivity contribution in [1.82, 2.24) is 5.32 Å². The highest BCUT2D eigenvalue weighted by Crippen LogP contribution is 2.23. The van der Waals surface area contributed by atoms with Gasteiger partial charge in [0, 0.05) is 18.2 Å². The molecule has 2 unspecified atom stereocenters. The summed E-state index contributed by atoms with van der Waals surface area (Å²) in [6.45, 7) is 2.45. The van der Waals surface area contributed by atoms with E-state index in [4.69, 9.17) is 5.73 Å². The van der Waals surface area contributed by atoms with Crippen molar-refractivity contribution in [2.24, 2.45) is 5.92 Å². The van der Waals surface area contributed by atoms with Crippen LogP contribution in [0.2, 0.25) is 0 Å². The molecule has 4 nitrogen and oxygen atoms in total. The maximum Gasteiger partial charge on any atom is 0.253 e. The van der Waals surface area contributed by atoms with Crippen LogP contribution in [-0.4, -0.2) is 23.7 Å². The van der Waals surface area contributed by atoms with Gasteiger partial charge in [-0.3, -0.25) is 4.79 Å². The van der Waals surface area contributed by atoms with Crippen LogP contribution in [0.5, 0.6) is 0 Å². The van der Waals surface area contributed by atoms with E-state index in [0.29, 0.717) is 17.8 Å². The molecule has 2 rings (SSSR count). The summed E-state index contributed by atoms with van der Waals surface area (Å²) in [6, 6.07) is 5.43. The topological polar surface area (TPSA) is 75.4 Å². The van der Waals surface area contributed by atoms with Crippen LogP contribution in [-0.2, 0) is 0 Å². The van der Waals surface area contributed by atoms with Crippen LogP contribution in [0, 0.1) is 12.8 Å². The Morgan fingerprint density at radius 2 is 2.16 bits per heavy atom. The molecule has 1 saturated carbocycles. The second kappa shape index (κ2) is 6.06. The van der Waals surface area contributed by atoms with Crippen LogP contribution in [0.15, 0.2) is 18.2 Å². The van der Waals surface area contributed by atoms with Gasteiger partial charge in [0.15, 0.2) is 0 Å². The summed E-state index contributed by atoms with van der Waals surface area (Å²) in [7, 11) is 0. The molecule has 0 bridgehead atoms. The summed E-state index contributed by atoms with van der Waals surface area (Å²) in [4.78, 5) is 12.1. The van der Waals surface area contributed by atoms with E-state index in [-0.39, 0.29) is 17.9 Å². The van der Waals surface area contributed by atoms with Gasteiger partial charge < -0.3 is 16.2 Å². The smallest absolute Gasteiger partial charge is 0.253 e. The van der Waals surface area contributed by atoms with Crippen molar-refractivity contribution in [3.05, 3.63) is 29.3 Å². The molecule has 1 amide bonds. The van der Waals surface area contributed by atoms with Gasteiger partial charge in [-0.05, 0) is 31.9 Å². The monoisotopic (exact) mass is 262 g/mol. The van der Waals surface area contributed by atoms with Gasteiger partial charge in [-0.1, -0.05) is 24.5 Å². The Kier molecular flexibility index (Phi) is 4.43. The second-order valence-corrected chi connectivity index (χ2v) is 5.41. The molecule has 0 aromatic heterocycles. The third kappa shape index (κ3) is 3.47. The molecule has 4 heteroatoms. The summed E-state index contributed by atoms with van der Waals surface area (Å²) < 4.78 is 0. The Morgan fingerprint density at radius 1 is 1.42 bits per heavy atom. The summed E-state index contributed by atoms with van der Waals surface area (Å²) in [5.74, 6) is 0.0164. The predicted octanol–water partition coefficient (Wildman–Crippen LogP) is 1.86. The summed E-state index contributed by atoms with van der Waals surface area (Å²) in [5, 5.41) is 12.8. The Bertz CT molecular complexity index is 459. The third-order valence-corrected chi connectivity index (χ3v) is 3.85. The number of carbonyl (C=O) groups excluding carboxylic acids is 1. The number of benzene rings is 1. The van der Waals surface area contributed by atoms with E-state index in [1.165, 1.54) is 0 Å². The largest absolute Gasteiger partial charge is 0.398 e. The van der Waals surface area contributed by atoms with Crippen LogP contribution >= 0.6 is 0 Å². The number of nitrogen functional groups attached to an aromatic ring is 1. The average molecular weight is 262 g/mol. The quantitative estimate of drug-likeness (QED) is 0.728. The van der Waals surface area contributed by atoms with Crippen molar-refractivity contribution in [2.75, 3.05) is 12.3 Å². The first-order chi connectivity index (χ1) is 9.08. The molecule has 0 spiro atoms. The van der Waals surface area contributed by atoms with Crippen molar-refractivity contribution < 1.29 is 9.90 Å². The van der Waals surface area contributed by atoms with Crippen LogP contribution < -0.4 is 11.1 Å². The number of aryl methyl sites for hydroxylation is 1. The number of nitrogens with one attached hydrogen (secondary N) is 1. The number of nitrogens with two attached hydrogens (primary N) is 1. The molecule has 0 saturated heterocycles. The Balaban J connectivity index is 1.95. The number of carbonyl (C=O) groups is 1. The molecule has 19 heavy (non-hydrogen) atoms. The average Bonchev–Trinajstić information content (AvgIpc) is 2.40. The first kappa shape index (κ1) is 13.9. The number of hydrogen-bond acceptors (Lipinski definition) is 3. The van der Waals surface area contributed by atoms with Gasteiger partial charge >= 0.3 is 0 Å². The summed E-state index contributed by atoms with van der Waals surface area (Å²) >= 11 is 0. The van der Waals surface area contributed by atoms with Crippen LogP contribution in [0.3, 0.4) is 0 Å². The molecule has 1 fully saturated rings. The minimum atomic E-state index is -0.288. The number of amides is 1. The Morgan fingerprint density at radius 3 is 2.89 bits per heavy atom. The maximum atomic E-state index is 12.1. The summed E-state index contributed by atoms with van der Waals surface area (Å²) in [6.07, 6.45) is 3.74. The third-order valence-electron chi connectivity index (χ3n) is 3.85. The SMILES string of the molecule is Cc1ccc(N)c(C(=O)NCC2CCCCC2O)c1. The van der Waals surface area contributed by atoms with Gasteiger partial charge in [-0.15, -0.1) is 0 Å². The van der Waals surface area contributed by atoms with E-state index in [1.54, 1.807) is 12.1 Å². The lowest BCUT2D eigenvalue weighted by molar-refractivity contribution is 0.0663. The fourth-order valence-corrected chi connectivity index (χ4v) is 2.61. The molecule has 0 heterocycles. The first-order valence-corrected chi connectivity index (χ1v) is 6.90. The molecule has 1 aliphatic rings. The molecule has 4 N–H and O–H groups in total. The highest BCUT2D eigenvalue weighted by molar-refractivity contribution is 5.99. The molecule has 0 radical (unpaired) electrons. The van der Waals surface area contributed by atoms with Gasteiger partial charge in [0.2, 0.25) is 0 Å². The molecule has 1 aliphatic carbocycles. The number of aliphatic hydroxyl groups excluding tert-OH is 1. The van der Waals surface area contributed by atoms with E-state index < -0.39 is 0 Å². The summed E-state index contributed by atoms with van der Waals surface area (Å²) in [5.41, 5.74) is 7.84. The zero-order valence-electron chi connectivity index (χ0n) is 11.4. The maximum absolute atomic E-state index is 12.1. The second-order valence-electron chi connectivity index (χ2n) is 5.41. The van der Waals surface area contributed by atoms with E-state index >= 15 is 0 Å². The minimum Gasteiger partial charge on any atom is -0.398 e. The molecule has 104 valence electrons. The van der Waals surface area contributed by atoms with E-state index in [1.807, 2.05) is 13.0 Å². The normalized spacial score (nSPS) is 23.1. The highest BCUT2D eigenvalue weighted by atomic mass is 16.3. The molecule has 0 aliphatic heterocycles. The molecule has 1 aromatic carbocycles. The van der Waals surface area contributed by atoms with Gasteiger partial charge in [-0.25, -0.2) is 0 Å². The van der Waals surface area contributed by atoms with Crippen molar-refractivity contribution in [2.45, 2.75) is 38.7 Å².